The van der Waals surface area contributed by atoms with Crippen molar-refractivity contribution < 1.29 is 32.9 Å². The number of nitrogens with zero attached hydrogens (tertiary/aromatic N) is 1. The van der Waals surface area contributed by atoms with E-state index in [2.05, 4.69) is 92.1 Å². The highest BCUT2D eigenvalue weighted by molar-refractivity contribution is 7.45. The van der Waals surface area contributed by atoms with Gasteiger partial charge in [0.25, 0.3) is 7.82 Å². The lowest BCUT2D eigenvalue weighted by molar-refractivity contribution is -0.870. The van der Waals surface area contributed by atoms with E-state index in [1.54, 1.807) is 6.08 Å². The molecule has 0 aromatic carbocycles. The first-order valence-corrected chi connectivity index (χ1v) is 25.9. The molecule has 3 atom stereocenters. The molecule has 9 heteroatoms. The van der Waals surface area contributed by atoms with E-state index in [1.807, 2.05) is 27.2 Å². The summed E-state index contributed by atoms with van der Waals surface area (Å²) < 4.78 is 23.2. The van der Waals surface area contributed by atoms with Gasteiger partial charge in [0.1, 0.15) is 13.2 Å². The summed E-state index contributed by atoms with van der Waals surface area (Å²) in [5.41, 5.74) is 0. The largest absolute Gasteiger partial charge is 0.756 e. The molecule has 1 amide bonds. The Hall–Kier alpha value is -2.32. The number of rotatable bonds is 43. The smallest absolute Gasteiger partial charge is 0.268 e. The molecule has 0 aliphatic carbocycles. The molecule has 0 bridgehead atoms. The van der Waals surface area contributed by atoms with Crippen molar-refractivity contribution in [2.75, 3.05) is 40.9 Å². The van der Waals surface area contributed by atoms with Crippen LogP contribution in [-0.4, -0.2) is 68.5 Å². The minimum Gasteiger partial charge on any atom is -0.756 e. The Kier molecular flexibility index (Phi) is 41.3. The second kappa shape index (κ2) is 43.0. The molecule has 3 unspecified atom stereocenters. The number of aliphatic hydroxyl groups is 1. The van der Waals surface area contributed by atoms with E-state index < -0.39 is 26.6 Å². The van der Waals surface area contributed by atoms with Crippen LogP contribution in [0.5, 0.6) is 0 Å². The fraction of sp³-hybridized carbons (Fsp3) is 0.712. The van der Waals surface area contributed by atoms with E-state index in [0.29, 0.717) is 17.4 Å². The Labute approximate surface area is 376 Å². The average molecular weight is 873 g/mol. The summed E-state index contributed by atoms with van der Waals surface area (Å²) in [5.74, 6) is -0.267. The topological polar surface area (TPSA) is 108 Å². The standard InChI is InChI=1S/C52H93N2O6P/c1-6-8-10-12-14-16-18-20-22-24-25-26-27-28-30-31-33-35-37-39-41-43-45-51(55)50(49-60-61(57,58)59-48-47-54(3,4)5)53-52(56)46-44-42-40-38-36-34-32-29-23-21-19-17-15-13-11-9-7-2/h9,11,15,17,21,23,32,34-35,37-38,40,43,45,50-51,55H,6-8,10,12-14,16,18-20,22,24-31,33,36,39,41-42,44,46-49H2,1-5H3,(H-,53,56,57,58)/b11-9-,17-15-,23-21-,34-32-,37-35+,40-38-,45-43+. The van der Waals surface area contributed by atoms with Gasteiger partial charge in [0, 0.05) is 6.42 Å². The number of phosphoric ester groups is 1. The Morgan fingerprint density at radius 2 is 1.02 bits per heavy atom. The average Bonchev–Trinajstić information content (AvgIpc) is 3.21. The lowest BCUT2D eigenvalue weighted by atomic mass is 10.0. The fourth-order valence-corrected chi connectivity index (χ4v) is 7.22. The van der Waals surface area contributed by atoms with Crippen LogP contribution in [0.1, 0.15) is 187 Å². The fourth-order valence-electron chi connectivity index (χ4n) is 6.50. The minimum atomic E-state index is -4.62. The normalized spacial score (nSPS) is 14.9. The van der Waals surface area contributed by atoms with Gasteiger partial charge in [0.15, 0.2) is 0 Å². The Balaban J connectivity index is 4.49. The Morgan fingerprint density at radius 3 is 1.52 bits per heavy atom. The highest BCUT2D eigenvalue weighted by Gasteiger charge is 2.23. The van der Waals surface area contributed by atoms with E-state index in [9.17, 15) is 19.4 Å². The Bertz CT molecular complexity index is 1260. The van der Waals surface area contributed by atoms with Crippen molar-refractivity contribution in [1.29, 1.82) is 0 Å². The molecule has 0 spiro atoms. The number of carbonyl (C=O) groups is 1. The summed E-state index contributed by atoms with van der Waals surface area (Å²) in [5, 5.41) is 13.8. The molecule has 0 aliphatic heterocycles. The van der Waals surface area contributed by atoms with Gasteiger partial charge in [-0.1, -0.05) is 195 Å². The molecular formula is C52H93N2O6P. The molecule has 0 radical (unpaired) electrons. The van der Waals surface area contributed by atoms with Gasteiger partial charge in [-0.3, -0.25) is 9.36 Å². The van der Waals surface area contributed by atoms with E-state index in [4.69, 9.17) is 9.05 Å². The number of hydrogen-bond acceptors (Lipinski definition) is 6. The van der Waals surface area contributed by atoms with Gasteiger partial charge in [-0.15, -0.1) is 0 Å². The van der Waals surface area contributed by atoms with E-state index in [0.717, 1.165) is 57.8 Å². The van der Waals surface area contributed by atoms with Crippen LogP contribution in [0.4, 0.5) is 0 Å². The monoisotopic (exact) mass is 873 g/mol. The van der Waals surface area contributed by atoms with Crippen molar-refractivity contribution in [3.05, 3.63) is 85.1 Å². The van der Waals surface area contributed by atoms with E-state index >= 15 is 0 Å². The molecule has 2 N–H and O–H groups in total. The number of aliphatic hydroxyl groups excluding tert-OH is 1. The number of amides is 1. The third-order valence-corrected chi connectivity index (χ3v) is 11.3. The van der Waals surface area contributed by atoms with Crippen molar-refractivity contribution in [1.82, 2.24) is 5.32 Å². The van der Waals surface area contributed by atoms with Crippen LogP contribution in [0.15, 0.2) is 85.1 Å². The summed E-state index contributed by atoms with van der Waals surface area (Å²) in [7, 11) is 1.19. The van der Waals surface area contributed by atoms with E-state index in [-0.39, 0.29) is 18.9 Å². The zero-order valence-corrected chi connectivity index (χ0v) is 40.7. The number of quaternary nitrogens is 1. The number of carbonyl (C=O) groups excluding carboxylic acids is 1. The predicted octanol–water partition coefficient (Wildman–Crippen LogP) is 13.5. The van der Waals surface area contributed by atoms with Crippen molar-refractivity contribution in [3.8, 4) is 0 Å². The minimum absolute atomic E-state index is 0.0213. The molecule has 61 heavy (non-hydrogen) atoms. The second-order valence-electron chi connectivity index (χ2n) is 17.4. The highest BCUT2D eigenvalue weighted by atomic mass is 31.2. The van der Waals surface area contributed by atoms with Crippen LogP contribution >= 0.6 is 7.82 Å². The maximum Gasteiger partial charge on any atom is 0.268 e. The number of allylic oxidation sites excluding steroid dienone is 13. The summed E-state index contributed by atoms with van der Waals surface area (Å²) in [4.78, 5) is 25.3. The van der Waals surface area contributed by atoms with Gasteiger partial charge in [-0.25, -0.2) is 0 Å². The van der Waals surface area contributed by atoms with Crippen LogP contribution in [-0.2, 0) is 18.4 Å². The van der Waals surface area contributed by atoms with Crippen molar-refractivity contribution in [2.45, 2.75) is 199 Å². The lowest BCUT2D eigenvalue weighted by Crippen LogP contribution is -2.45. The van der Waals surface area contributed by atoms with Gasteiger partial charge >= 0.3 is 0 Å². The molecule has 0 aromatic rings. The van der Waals surface area contributed by atoms with Crippen molar-refractivity contribution in [3.63, 3.8) is 0 Å². The quantitative estimate of drug-likeness (QED) is 0.0273. The first kappa shape index (κ1) is 58.7. The van der Waals surface area contributed by atoms with E-state index in [1.165, 1.54) is 103 Å². The summed E-state index contributed by atoms with van der Waals surface area (Å²) >= 11 is 0. The second-order valence-corrected chi connectivity index (χ2v) is 18.8. The maximum absolute atomic E-state index is 12.9. The zero-order valence-electron chi connectivity index (χ0n) is 39.8. The van der Waals surface area contributed by atoms with Gasteiger partial charge in [0.2, 0.25) is 5.91 Å². The number of likely N-dealkylation sites (N-methyl/N-ethyl adjacent to an activating group) is 1. The summed E-state index contributed by atoms with van der Waals surface area (Å²) in [6.07, 6.45) is 59.4. The third-order valence-electron chi connectivity index (χ3n) is 10.3. The van der Waals surface area contributed by atoms with Crippen LogP contribution in [0.3, 0.4) is 0 Å². The molecular weight excluding hydrogens is 780 g/mol. The molecule has 0 fully saturated rings. The molecule has 0 heterocycles. The van der Waals surface area contributed by atoms with Crippen LogP contribution in [0, 0.1) is 0 Å². The molecule has 0 saturated heterocycles. The third kappa shape index (κ3) is 45.5. The molecule has 0 rings (SSSR count). The van der Waals surface area contributed by atoms with Gasteiger partial charge in [-0.2, -0.15) is 0 Å². The van der Waals surface area contributed by atoms with Crippen LogP contribution < -0.4 is 10.2 Å². The Morgan fingerprint density at radius 1 is 0.590 bits per heavy atom. The molecule has 0 aromatic heterocycles. The van der Waals surface area contributed by atoms with Gasteiger partial charge in [-0.05, 0) is 70.6 Å². The first-order chi connectivity index (χ1) is 29.5. The SMILES string of the molecule is CC/C=C\C/C=C\C/C=C\C/C=C\C/C=C\CCCC(=O)NC(COP(=O)([O-])OCC[N+](C)(C)C)C(O)/C=C/CC/C=C/CCCCCCCCCCCCCCCCCC. The molecule has 0 saturated carbocycles. The summed E-state index contributed by atoms with van der Waals surface area (Å²) in [6.45, 7) is 4.46. The highest BCUT2D eigenvalue weighted by Crippen LogP contribution is 2.38. The maximum atomic E-state index is 12.9. The molecule has 352 valence electrons. The van der Waals surface area contributed by atoms with Gasteiger partial charge < -0.3 is 28.8 Å². The lowest BCUT2D eigenvalue weighted by Gasteiger charge is -2.29. The molecule has 0 aliphatic rings. The number of nitrogens with one attached hydrogen (secondary N) is 1. The predicted molar refractivity (Wildman–Crippen MR) is 260 cm³/mol. The summed E-state index contributed by atoms with van der Waals surface area (Å²) in [6, 6.07) is -0.938. The van der Waals surface area contributed by atoms with Crippen molar-refractivity contribution in [2.24, 2.45) is 0 Å². The van der Waals surface area contributed by atoms with Crippen LogP contribution in [0.25, 0.3) is 0 Å². The first-order valence-electron chi connectivity index (χ1n) is 24.4. The molecule has 8 nitrogen and oxygen atoms in total. The van der Waals surface area contributed by atoms with Crippen molar-refractivity contribution >= 4 is 13.7 Å². The van der Waals surface area contributed by atoms with Gasteiger partial charge in [0.05, 0.1) is 39.9 Å². The number of unbranched alkanes of at least 4 members (excludes halogenated alkanes) is 18. The zero-order chi connectivity index (χ0) is 45.0. The number of phosphoric acid groups is 1. The van der Waals surface area contributed by atoms with Crippen LogP contribution in [0.2, 0.25) is 0 Å². The number of hydrogen-bond donors (Lipinski definition) is 2.